The van der Waals surface area contributed by atoms with E-state index in [1.165, 1.54) is 6.07 Å². The predicted molar refractivity (Wildman–Crippen MR) is 80.5 cm³/mol. The highest BCUT2D eigenvalue weighted by atomic mass is 16.6. The summed E-state index contributed by atoms with van der Waals surface area (Å²) in [6.07, 6.45) is 4.65. The Bertz CT molecular complexity index is 485. The molecule has 1 aliphatic carbocycles. The van der Waals surface area contributed by atoms with Crippen molar-refractivity contribution in [2.24, 2.45) is 5.92 Å². The molecule has 5 heteroatoms. The molecule has 1 aromatic rings. The zero-order valence-corrected chi connectivity index (χ0v) is 12.7. The highest BCUT2D eigenvalue weighted by Crippen LogP contribution is 2.31. The Morgan fingerprint density at radius 1 is 1.43 bits per heavy atom. The summed E-state index contributed by atoms with van der Waals surface area (Å²) in [5.41, 5.74) is 0.846. The summed E-state index contributed by atoms with van der Waals surface area (Å²) >= 11 is 0. The normalized spacial score (nSPS) is 15.7. The standard InChI is InChI=1S/C16H23NO4/c1-3-4-12(2)10-20-11-13-9-14(17(18)19)5-8-16(13)21-15-6-7-15/h5,8-9,12,15H,3-4,6-7,10-11H2,1-2H3. The monoisotopic (exact) mass is 293 g/mol. The fraction of sp³-hybridized carbons (Fsp3) is 0.625. The van der Waals surface area contributed by atoms with E-state index in [1.807, 2.05) is 0 Å². The molecule has 1 saturated carbocycles. The number of rotatable bonds is 9. The first-order chi connectivity index (χ1) is 10.1. The van der Waals surface area contributed by atoms with Gasteiger partial charge in [-0.3, -0.25) is 10.1 Å². The lowest BCUT2D eigenvalue weighted by Crippen LogP contribution is -2.07. The molecule has 1 fully saturated rings. The summed E-state index contributed by atoms with van der Waals surface area (Å²) < 4.78 is 11.5. The number of nitrogens with zero attached hydrogens (tertiary/aromatic N) is 1. The van der Waals surface area contributed by atoms with E-state index in [-0.39, 0.29) is 16.7 Å². The summed E-state index contributed by atoms with van der Waals surface area (Å²) in [7, 11) is 0. The maximum Gasteiger partial charge on any atom is 0.270 e. The molecule has 0 spiro atoms. The highest BCUT2D eigenvalue weighted by molar-refractivity contribution is 5.43. The molecule has 5 nitrogen and oxygen atoms in total. The average molecular weight is 293 g/mol. The van der Waals surface area contributed by atoms with Crippen LogP contribution in [0.4, 0.5) is 5.69 Å². The van der Waals surface area contributed by atoms with E-state index in [4.69, 9.17) is 9.47 Å². The van der Waals surface area contributed by atoms with Crippen LogP contribution in [0.5, 0.6) is 5.75 Å². The summed E-state index contributed by atoms with van der Waals surface area (Å²) in [6.45, 7) is 5.33. The van der Waals surface area contributed by atoms with E-state index in [0.29, 0.717) is 24.9 Å². The predicted octanol–water partition coefficient (Wildman–Crippen LogP) is 4.09. The van der Waals surface area contributed by atoms with E-state index >= 15 is 0 Å². The van der Waals surface area contributed by atoms with E-state index in [9.17, 15) is 10.1 Å². The van der Waals surface area contributed by atoms with Crippen molar-refractivity contribution in [2.45, 2.75) is 52.2 Å². The first-order valence-electron chi connectivity index (χ1n) is 7.61. The topological polar surface area (TPSA) is 61.6 Å². The molecule has 0 saturated heterocycles. The van der Waals surface area contributed by atoms with Gasteiger partial charge in [0, 0.05) is 24.3 Å². The summed E-state index contributed by atoms with van der Waals surface area (Å²) in [5.74, 6) is 1.22. The van der Waals surface area contributed by atoms with Gasteiger partial charge in [-0.15, -0.1) is 0 Å². The van der Waals surface area contributed by atoms with Crippen molar-refractivity contribution in [1.82, 2.24) is 0 Å². The molecule has 0 amide bonds. The number of ether oxygens (including phenoxy) is 2. The molecular weight excluding hydrogens is 270 g/mol. The summed E-state index contributed by atoms with van der Waals surface area (Å²) in [4.78, 5) is 10.5. The van der Waals surface area contributed by atoms with E-state index in [0.717, 1.165) is 31.2 Å². The fourth-order valence-electron chi connectivity index (χ4n) is 2.22. The summed E-state index contributed by atoms with van der Waals surface area (Å²) in [5, 5.41) is 10.9. The minimum Gasteiger partial charge on any atom is -0.490 e. The lowest BCUT2D eigenvalue weighted by atomic mass is 10.1. The second-order valence-corrected chi connectivity index (χ2v) is 5.78. The lowest BCUT2D eigenvalue weighted by Gasteiger charge is -2.13. The molecule has 21 heavy (non-hydrogen) atoms. The van der Waals surface area contributed by atoms with Crippen LogP contribution in [-0.4, -0.2) is 17.6 Å². The van der Waals surface area contributed by atoms with Crippen molar-refractivity contribution < 1.29 is 14.4 Å². The Labute approximate surface area is 125 Å². The van der Waals surface area contributed by atoms with Crippen LogP contribution in [-0.2, 0) is 11.3 Å². The number of hydrogen-bond donors (Lipinski definition) is 0. The molecule has 0 bridgehead atoms. The molecule has 0 N–H and O–H groups in total. The van der Waals surface area contributed by atoms with Gasteiger partial charge in [0.15, 0.2) is 0 Å². The van der Waals surface area contributed by atoms with Gasteiger partial charge in [0.05, 0.1) is 17.6 Å². The quantitative estimate of drug-likeness (QED) is 0.508. The molecule has 116 valence electrons. The van der Waals surface area contributed by atoms with Gasteiger partial charge in [-0.2, -0.15) is 0 Å². The van der Waals surface area contributed by atoms with Crippen LogP contribution in [0.25, 0.3) is 0 Å². The summed E-state index contributed by atoms with van der Waals surface area (Å²) in [6, 6.07) is 4.73. The minimum absolute atomic E-state index is 0.0818. The van der Waals surface area contributed by atoms with Crippen LogP contribution in [0.15, 0.2) is 18.2 Å². The largest absolute Gasteiger partial charge is 0.490 e. The second-order valence-electron chi connectivity index (χ2n) is 5.78. The van der Waals surface area contributed by atoms with Gasteiger partial charge in [-0.05, 0) is 31.2 Å². The van der Waals surface area contributed by atoms with Gasteiger partial charge < -0.3 is 9.47 Å². The number of nitro groups is 1. The fourth-order valence-corrected chi connectivity index (χ4v) is 2.22. The van der Waals surface area contributed by atoms with E-state index < -0.39 is 0 Å². The van der Waals surface area contributed by atoms with Crippen LogP contribution in [0, 0.1) is 16.0 Å². The van der Waals surface area contributed by atoms with Crippen LogP contribution < -0.4 is 4.74 Å². The van der Waals surface area contributed by atoms with Gasteiger partial charge in [-0.25, -0.2) is 0 Å². The van der Waals surface area contributed by atoms with Crippen molar-refractivity contribution in [1.29, 1.82) is 0 Å². The van der Waals surface area contributed by atoms with Crippen molar-refractivity contribution in [3.05, 3.63) is 33.9 Å². The first-order valence-corrected chi connectivity index (χ1v) is 7.61. The molecule has 1 atom stereocenters. The number of non-ortho nitro benzene ring substituents is 1. The maximum atomic E-state index is 10.9. The maximum absolute atomic E-state index is 10.9. The molecule has 0 heterocycles. The number of benzene rings is 1. The zero-order chi connectivity index (χ0) is 15.2. The van der Waals surface area contributed by atoms with E-state index in [2.05, 4.69) is 13.8 Å². The molecule has 0 aliphatic heterocycles. The van der Waals surface area contributed by atoms with E-state index in [1.54, 1.807) is 12.1 Å². The van der Waals surface area contributed by atoms with Gasteiger partial charge in [0.25, 0.3) is 5.69 Å². The Morgan fingerprint density at radius 2 is 2.19 bits per heavy atom. The van der Waals surface area contributed by atoms with Gasteiger partial charge in [0.1, 0.15) is 5.75 Å². The van der Waals surface area contributed by atoms with Crippen LogP contribution >= 0.6 is 0 Å². The van der Waals surface area contributed by atoms with Crippen molar-refractivity contribution in [3.63, 3.8) is 0 Å². The average Bonchev–Trinajstić information content (AvgIpc) is 3.24. The Morgan fingerprint density at radius 3 is 2.81 bits per heavy atom. The van der Waals surface area contributed by atoms with Gasteiger partial charge in [0.2, 0.25) is 0 Å². The Kier molecular flexibility index (Phi) is 5.56. The molecular formula is C16H23NO4. The van der Waals surface area contributed by atoms with Crippen molar-refractivity contribution in [3.8, 4) is 5.75 Å². The lowest BCUT2D eigenvalue weighted by molar-refractivity contribution is -0.385. The Balaban J connectivity index is 1.99. The third kappa shape index (κ3) is 5.01. The first kappa shape index (κ1) is 15.8. The molecule has 1 unspecified atom stereocenters. The number of hydrogen-bond acceptors (Lipinski definition) is 4. The van der Waals surface area contributed by atoms with Crippen LogP contribution in [0.3, 0.4) is 0 Å². The molecule has 1 aliphatic rings. The highest BCUT2D eigenvalue weighted by Gasteiger charge is 2.25. The third-order valence-electron chi connectivity index (χ3n) is 3.51. The van der Waals surface area contributed by atoms with Crippen molar-refractivity contribution >= 4 is 5.69 Å². The molecule has 1 aromatic carbocycles. The molecule has 2 rings (SSSR count). The van der Waals surface area contributed by atoms with Gasteiger partial charge >= 0.3 is 0 Å². The van der Waals surface area contributed by atoms with Crippen LogP contribution in [0.2, 0.25) is 0 Å². The van der Waals surface area contributed by atoms with Gasteiger partial charge in [-0.1, -0.05) is 20.3 Å². The smallest absolute Gasteiger partial charge is 0.270 e. The third-order valence-corrected chi connectivity index (χ3v) is 3.51. The van der Waals surface area contributed by atoms with Crippen LogP contribution in [0.1, 0.15) is 45.1 Å². The molecule has 0 aromatic heterocycles. The van der Waals surface area contributed by atoms with Crippen molar-refractivity contribution in [2.75, 3.05) is 6.61 Å². The SMILES string of the molecule is CCCC(C)COCc1cc([N+](=O)[O-])ccc1OC1CC1. The second kappa shape index (κ2) is 7.41. The minimum atomic E-state index is -0.385. The Hall–Kier alpha value is -1.62. The number of nitro benzene ring substituents is 1. The zero-order valence-electron chi connectivity index (χ0n) is 12.7. The molecule has 0 radical (unpaired) electrons.